The fourth-order valence-corrected chi connectivity index (χ4v) is 5.44. The van der Waals surface area contributed by atoms with Crippen molar-refractivity contribution in [1.82, 2.24) is 9.97 Å². The summed E-state index contributed by atoms with van der Waals surface area (Å²) in [4.78, 5) is 9.74. The highest BCUT2D eigenvalue weighted by atomic mass is 14.8. The number of benzene rings is 2. The number of hydrogen-bond donors (Lipinski definition) is 0. The molecule has 2 bridgehead atoms. The fraction of sp³-hybridized carbons (Fsp3) is 0.417. The summed E-state index contributed by atoms with van der Waals surface area (Å²) in [7, 11) is 0. The minimum Gasteiger partial charge on any atom is -0.252 e. The molecule has 1 aromatic heterocycles. The molecule has 0 N–H and O–H groups in total. The van der Waals surface area contributed by atoms with Gasteiger partial charge in [0.25, 0.3) is 0 Å². The average Bonchev–Trinajstić information content (AvgIpc) is 2.75. The van der Waals surface area contributed by atoms with E-state index in [-0.39, 0.29) is 0 Å². The van der Waals surface area contributed by atoms with Crippen LogP contribution in [0.3, 0.4) is 0 Å². The molecule has 0 aliphatic heterocycles. The first-order valence-corrected chi connectivity index (χ1v) is 10.0. The normalized spacial score (nSPS) is 27.8. The van der Waals surface area contributed by atoms with Gasteiger partial charge in [0.1, 0.15) is 0 Å². The molecule has 0 spiro atoms. The molecule has 5 rings (SSSR count). The maximum Gasteiger partial charge on any atom is 0.0897 e. The van der Waals surface area contributed by atoms with E-state index in [1.165, 1.54) is 31.2 Å². The van der Waals surface area contributed by atoms with Gasteiger partial charge in [-0.25, -0.2) is 4.98 Å². The van der Waals surface area contributed by atoms with Crippen LogP contribution < -0.4 is 0 Å². The highest BCUT2D eigenvalue weighted by Crippen LogP contribution is 2.48. The highest BCUT2D eigenvalue weighted by molar-refractivity contribution is 5.79. The van der Waals surface area contributed by atoms with E-state index in [0.29, 0.717) is 11.8 Å². The number of aromatic nitrogens is 2. The van der Waals surface area contributed by atoms with Crippen LogP contribution in [0.2, 0.25) is 0 Å². The van der Waals surface area contributed by atoms with Crippen LogP contribution in [0.1, 0.15) is 62.5 Å². The Morgan fingerprint density at radius 1 is 0.846 bits per heavy atom. The molecule has 2 aromatic carbocycles. The van der Waals surface area contributed by atoms with Gasteiger partial charge in [0.05, 0.1) is 22.9 Å². The molecule has 1 fully saturated rings. The van der Waals surface area contributed by atoms with Crippen LogP contribution in [0.5, 0.6) is 0 Å². The molecule has 4 atom stereocenters. The van der Waals surface area contributed by atoms with E-state index in [0.717, 1.165) is 34.1 Å². The number of fused-ring (bicyclic) bond motifs is 5. The van der Waals surface area contributed by atoms with Crippen LogP contribution in [0.25, 0.3) is 22.3 Å². The molecule has 2 nitrogen and oxygen atoms in total. The van der Waals surface area contributed by atoms with Crippen LogP contribution in [0.15, 0.2) is 48.7 Å². The van der Waals surface area contributed by atoms with Crippen molar-refractivity contribution in [2.75, 3.05) is 0 Å². The summed E-state index contributed by atoms with van der Waals surface area (Å²) >= 11 is 0. The zero-order chi connectivity index (χ0) is 17.7. The Bertz CT molecular complexity index is 947. The first-order chi connectivity index (χ1) is 12.7. The molecule has 0 amide bonds. The summed E-state index contributed by atoms with van der Waals surface area (Å²) in [6.07, 6.45) is 7.35. The Hall–Kier alpha value is -2.22. The summed E-state index contributed by atoms with van der Waals surface area (Å²) in [5.74, 6) is 3.06. The van der Waals surface area contributed by atoms with Gasteiger partial charge >= 0.3 is 0 Å². The maximum absolute atomic E-state index is 4.96. The van der Waals surface area contributed by atoms with Crippen molar-refractivity contribution >= 4 is 11.0 Å². The van der Waals surface area contributed by atoms with Crippen molar-refractivity contribution in [3.05, 3.63) is 59.8 Å². The van der Waals surface area contributed by atoms with Crippen molar-refractivity contribution in [3.63, 3.8) is 0 Å². The monoisotopic (exact) mass is 342 g/mol. The fourth-order valence-electron chi connectivity index (χ4n) is 5.44. The van der Waals surface area contributed by atoms with Gasteiger partial charge in [0.2, 0.25) is 0 Å². The Labute approximate surface area is 155 Å². The van der Waals surface area contributed by atoms with E-state index < -0.39 is 0 Å². The maximum atomic E-state index is 4.96. The third-order valence-electron chi connectivity index (χ3n) is 6.51. The van der Waals surface area contributed by atoms with E-state index >= 15 is 0 Å². The van der Waals surface area contributed by atoms with Gasteiger partial charge in [-0.3, -0.25) is 4.98 Å². The van der Waals surface area contributed by atoms with Crippen molar-refractivity contribution in [2.24, 2.45) is 11.8 Å². The molecule has 132 valence electrons. The molecule has 0 radical (unpaired) electrons. The number of nitrogens with zero attached hydrogens (tertiary/aromatic N) is 2. The molecule has 4 unspecified atom stereocenters. The summed E-state index contributed by atoms with van der Waals surface area (Å²) in [5, 5.41) is 0. The SMILES string of the molecule is CC1CC2CC(C)c3cc4nc(-c5ccccc5)cnc4cc3C(C1)C2. The molecule has 2 aliphatic carbocycles. The largest absolute Gasteiger partial charge is 0.252 e. The van der Waals surface area contributed by atoms with Crippen LogP contribution in [0.4, 0.5) is 0 Å². The minimum atomic E-state index is 0.622. The molecular weight excluding hydrogens is 316 g/mol. The third-order valence-corrected chi connectivity index (χ3v) is 6.51. The van der Waals surface area contributed by atoms with Gasteiger partial charge in [-0.15, -0.1) is 0 Å². The highest BCUT2D eigenvalue weighted by Gasteiger charge is 2.34. The quantitative estimate of drug-likeness (QED) is 0.517. The average molecular weight is 342 g/mol. The van der Waals surface area contributed by atoms with Crippen LogP contribution in [-0.2, 0) is 0 Å². The Balaban J connectivity index is 1.64. The summed E-state index contributed by atoms with van der Waals surface area (Å²) < 4.78 is 0. The molecule has 26 heavy (non-hydrogen) atoms. The lowest BCUT2D eigenvalue weighted by Crippen LogP contribution is -2.18. The first kappa shape index (κ1) is 16.0. The van der Waals surface area contributed by atoms with Crippen LogP contribution in [-0.4, -0.2) is 9.97 Å². The zero-order valence-corrected chi connectivity index (χ0v) is 15.7. The smallest absolute Gasteiger partial charge is 0.0897 e. The summed E-state index contributed by atoms with van der Waals surface area (Å²) in [6.45, 7) is 4.84. The molecule has 0 saturated heterocycles. The Morgan fingerprint density at radius 2 is 1.65 bits per heavy atom. The van der Waals surface area contributed by atoms with Crippen molar-refractivity contribution in [1.29, 1.82) is 0 Å². The van der Waals surface area contributed by atoms with Gasteiger partial charge in [-0.05, 0) is 72.6 Å². The topological polar surface area (TPSA) is 25.8 Å². The van der Waals surface area contributed by atoms with E-state index in [2.05, 4.69) is 50.2 Å². The van der Waals surface area contributed by atoms with E-state index in [9.17, 15) is 0 Å². The van der Waals surface area contributed by atoms with Gasteiger partial charge in [0, 0.05) is 5.56 Å². The number of hydrogen-bond acceptors (Lipinski definition) is 2. The lowest BCUT2D eigenvalue weighted by molar-refractivity contribution is 0.244. The Morgan fingerprint density at radius 3 is 2.50 bits per heavy atom. The second kappa shape index (κ2) is 6.19. The van der Waals surface area contributed by atoms with E-state index in [1.807, 2.05) is 12.3 Å². The molecule has 1 heterocycles. The molecule has 1 saturated carbocycles. The molecule has 2 heteroatoms. The van der Waals surface area contributed by atoms with Gasteiger partial charge < -0.3 is 0 Å². The van der Waals surface area contributed by atoms with Gasteiger partial charge in [0.15, 0.2) is 0 Å². The predicted molar refractivity (Wildman–Crippen MR) is 107 cm³/mol. The van der Waals surface area contributed by atoms with Gasteiger partial charge in [-0.2, -0.15) is 0 Å². The molecular formula is C24H26N2. The van der Waals surface area contributed by atoms with Crippen molar-refractivity contribution in [2.45, 2.75) is 51.4 Å². The first-order valence-electron chi connectivity index (χ1n) is 10.0. The minimum absolute atomic E-state index is 0.622. The molecule has 3 aromatic rings. The predicted octanol–water partition coefficient (Wildman–Crippen LogP) is 6.32. The van der Waals surface area contributed by atoms with Crippen molar-refractivity contribution < 1.29 is 0 Å². The summed E-state index contributed by atoms with van der Waals surface area (Å²) in [6, 6.07) is 15.1. The van der Waals surface area contributed by atoms with E-state index in [4.69, 9.17) is 9.97 Å². The third kappa shape index (κ3) is 2.72. The van der Waals surface area contributed by atoms with Crippen LogP contribution in [0, 0.1) is 11.8 Å². The second-order valence-corrected chi connectivity index (χ2v) is 8.60. The second-order valence-electron chi connectivity index (χ2n) is 8.60. The number of rotatable bonds is 1. The van der Waals surface area contributed by atoms with E-state index in [1.54, 1.807) is 5.56 Å². The molecule has 2 aliphatic rings. The summed E-state index contributed by atoms with van der Waals surface area (Å²) in [5.41, 5.74) is 7.27. The zero-order valence-electron chi connectivity index (χ0n) is 15.7. The lowest BCUT2D eigenvalue weighted by Gasteiger charge is -2.32. The standard InChI is InChI=1S/C24H26N2/c1-15-8-17-10-16(2)20-12-23-22(13-21(20)19(9-15)11-17)25-14-24(26-23)18-6-4-3-5-7-18/h3-7,12-17,19H,8-11H2,1-2H3. The van der Waals surface area contributed by atoms with Crippen molar-refractivity contribution in [3.8, 4) is 11.3 Å². The Kier molecular flexibility index (Phi) is 3.81. The van der Waals surface area contributed by atoms with Crippen LogP contribution >= 0.6 is 0 Å². The lowest BCUT2D eigenvalue weighted by atomic mass is 9.74. The van der Waals surface area contributed by atoms with Gasteiger partial charge in [-0.1, -0.05) is 44.2 Å².